The Morgan fingerprint density at radius 2 is 1.06 bits per heavy atom. The van der Waals surface area contributed by atoms with Gasteiger partial charge in [-0.2, -0.15) is 0 Å². The fraction of sp³-hybridized carbons (Fsp3) is 0.786. The van der Waals surface area contributed by atoms with Gasteiger partial charge in [-0.15, -0.1) is 0 Å². The summed E-state index contributed by atoms with van der Waals surface area (Å²) in [4.78, 5) is -0.185. The van der Waals surface area contributed by atoms with E-state index in [0.717, 1.165) is 11.0 Å². The summed E-state index contributed by atoms with van der Waals surface area (Å²) in [6.45, 7) is 4.70. The van der Waals surface area contributed by atoms with Crippen LogP contribution in [0.1, 0.15) is 110 Å². The number of unbranched alkanes of at least 4 members (excludes halogenated alkanes) is 15. The van der Waals surface area contributed by atoms with Crippen molar-refractivity contribution >= 4 is 10.1 Å². The molecule has 0 aliphatic carbocycles. The Labute approximate surface area is 211 Å². The third-order valence-electron chi connectivity index (χ3n) is 6.35. The van der Waals surface area contributed by atoms with Crippen molar-refractivity contribution in [1.82, 2.24) is 0 Å². The SMILES string of the molecule is CCCCCCCCCCCCCCCCCC[N+](C)(C)CCO.O=S(=O)([O-])c1ccccc1. The predicted molar refractivity (Wildman–Crippen MR) is 143 cm³/mol. The zero-order valence-corrected chi connectivity index (χ0v) is 23.2. The van der Waals surface area contributed by atoms with Gasteiger partial charge in [-0.25, -0.2) is 8.42 Å². The molecule has 5 nitrogen and oxygen atoms in total. The number of hydrogen-bond donors (Lipinski definition) is 1. The Hall–Kier alpha value is -0.950. The second-order valence-corrected chi connectivity index (χ2v) is 11.6. The Balaban J connectivity index is 0.000000896. The molecule has 6 heteroatoms. The lowest BCUT2D eigenvalue weighted by Crippen LogP contribution is -2.42. The molecule has 0 aromatic heterocycles. The average Bonchev–Trinajstić information content (AvgIpc) is 2.79. The number of aliphatic hydroxyl groups is 1. The van der Waals surface area contributed by atoms with Crippen LogP contribution in [-0.2, 0) is 10.1 Å². The Bertz CT molecular complexity index is 662. The topological polar surface area (TPSA) is 77.4 Å². The van der Waals surface area contributed by atoms with Gasteiger partial charge in [0.1, 0.15) is 16.7 Å². The molecule has 200 valence electrons. The van der Waals surface area contributed by atoms with Crippen molar-refractivity contribution in [3.63, 3.8) is 0 Å². The molecule has 0 aliphatic rings. The van der Waals surface area contributed by atoms with Crippen LogP contribution in [0.3, 0.4) is 0 Å². The monoisotopic (exact) mass is 499 g/mol. The van der Waals surface area contributed by atoms with Gasteiger partial charge in [-0.3, -0.25) is 0 Å². The van der Waals surface area contributed by atoms with Crippen molar-refractivity contribution in [2.75, 3.05) is 33.8 Å². The highest BCUT2D eigenvalue weighted by Gasteiger charge is 2.12. The highest BCUT2D eigenvalue weighted by atomic mass is 32.2. The minimum Gasteiger partial charge on any atom is -0.744 e. The molecule has 0 atom stereocenters. The van der Waals surface area contributed by atoms with E-state index < -0.39 is 10.1 Å². The van der Waals surface area contributed by atoms with E-state index in [1.165, 1.54) is 134 Å². The maximum atomic E-state index is 10.3. The van der Waals surface area contributed by atoms with E-state index in [1.807, 2.05) is 0 Å². The van der Waals surface area contributed by atoms with Gasteiger partial charge < -0.3 is 14.1 Å². The van der Waals surface area contributed by atoms with Crippen LogP contribution in [0.15, 0.2) is 35.2 Å². The number of nitrogens with zero attached hydrogens (tertiary/aromatic N) is 1. The van der Waals surface area contributed by atoms with Crippen LogP contribution in [0.5, 0.6) is 0 Å². The summed E-state index contributed by atoms with van der Waals surface area (Å²) in [7, 11) is 0.194. The van der Waals surface area contributed by atoms with Crippen molar-refractivity contribution in [1.29, 1.82) is 0 Å². The van der Waals surface area contributed by atoms with Crippen molar-refractivity contribution in [2.24, 2.45) is 0 Å². The van der Waals surface area contributed by atoms with Crippen molar-refractivity contribution < 1.29 is 22.6 Å². The molecule has 0 amide bonds. The maximum absolute atomic E-state index is 10.3. The molecule has 1 N–H and O–H groups in total. The molecule has 1 aromatic rings. The molecule has 1 rings (SSSR count). The van der Waals surface area contributed by atoms with Gasteiger partial charge in [0, 0.05) is 0 Å². The normalized spacial score (nSPS) is 11.8. The summed E-state index contributed by atoms with van der Waals surface area (Å²) < 4.78 is 31.8. The molecule has 0 unspecified atom stereocenters. The first-order chi connectivity index (χ1) is 16.2. The van der Waals surface area contributed by atoms with E-state index in [0.29, 0.717) is 6.61 Å². The molecule has 0 spiro atoms. The maximum Gasteiger partial charge on any atom is 0.124 e. The third kappa shape index (κ3) is 21.6. The lowest BCUT2D eigenvalue weighted by atomic mass is 10.0. The fourth-order valence-corrected chi connectivity index (χ4v) is 4.55. The Kier molecular flexibility index (Phi) is 20.7. The molecule has 0 aliphatic heterocycles. The predicted octanol–water partition coefficient (Wildman–Crippen LogP) is 6.91. The number of likely N-dealkylation sites (N-methyl/N-ethyl adjacent to an activating group) is 1. The van der Waals surface area contributed by atoms with Gasteiger partial charge in [0.25, 0.3) is 0 Å². The summed E-state index contributed by atoms with van der Waals surface area (Å²) in [5, 5.41) is 9.02. The van der Waals surface area contributed by atoms with Crippen LogP contribution in [0.25, 0.3) is 0 Å². The number of hydrogen-bond acceptors (Lipinski definition) is 4. The first-order valence-electron chi connectivity index (χ1n) is 13.7. The van der Waals surface area contributed by atoms with Crippen molar-refractivity contribution in [2.45, 2.75) is 115 Å². The molecule has 34 heavy (non-hydrogen) atoms. The first kappa shape index (κ1) is 33.0. The zero-order chi connectivity index (χ0) is 25.5. The van der Waals surface area contributed by atoms with Crippen LogP contribution in [0, 0.1) is 0 Å². The Morgan fingerprint density at radius 3 is 1.38 bits per heavy atom. The molecule has 0 saturated heterocycles. The van der Waals surface area contributed by atoms with Crippen LogP contribution < -0.4 is 0 Å². The summed E-state index contributed by atoms with van der Waals surface area (Å²) in [6.07, 6.45) is 22.9. The largest absolute Gasteiger partial charge is 0.744 e. The van der Waals surface area contributed by atoms with Crippen LogP contribution >= 0.6 is 0 Å². The van der Waals surface area contributed by atoms with E-state index in [4.69, 9.17) is 5.11 Å². The van der Waals surface area contributed by atoms with E-state index in [-0.39, 0.29) is 4.90 Å². The molecule has 0 radical (unpaired) electrons. The van der Waals surface area contributed by atoms with Gasteiger partial charge in [0.2, 0.25) is 0 Å². The average molecular weight is 500 g/mol. The minimum absolute atomic E-state index is 0.185. The molecule has 1 aromatic carbocycles. The van der Waals surface area contributed by atoms with Gasteiger partial charge in [-0.05, 0) is 25.0 Å². The first-order valence-corrected chi connectivity index (χ1v) is 15.1. The van der Waals surface area contributed by atoms with Gasteiger partial charge in [-0.1, -0.05) is 115 Å². The molecular formula is C28H53NO4S. The molecule has 0 fully saturated rings. The van der Waals surface area contributed by atoms with E-state index >= 15 is 0 Å². The van der Waals surface area contributed by atoms with Gasteiger partial charge >= 0.3 is 0 Å². The summed E-state index contributed by atoms with van der Waals surface area (Å²) in [5.41, 5.74) is 0. The smallest absolute Gasteiger partial charge is 0.124 e. The van der Waals surface area contributed by atoms with Crippen LogP contribution in [0.4, 0.5) is 0 Å². The molecule has 0 heterocycles. The zero-order valence-electron chi connectivity index (χ0n) is 22.3. The molecular weight excluding hydrogens is 446 g/mol. The fourth-order valence-electron chi connectivity index (χ4n) is 4.06. The van der Waals surface area contributed by atoms with Crippen LogP contribution in [-0.4, -0.2) is 56.4 Å². The highest BCUT2D eigenvalue weighted by Crippen LogP contribution is 2.14. The van der Waals surface area contributed by atoms with Crippen molar-refractivity contribution in [3.05, 3.63) is 30.3 Å². The number of rotatable bonds is 20. The lowest BCUT2D eigenvalue weighted by Gasteiger charge is -2.28. The standard InChI is InChI=1S/C22H48NO.C6H6O3S/c1-4-5-6-7-8-9-10-11-12-13-14-15-16-17-18-19-20-23(2,3)21-22-24;7-10(8,9)6-4-2-1-3-5-6/h24H,4-22H2,1-3H3;1-5H,(H,7,8,9)/q+1;/p-1. The summed E-state index contributed by atoms with van der Waals surface area (Å²) >= 11 is 0. The number of benzene rings is 1. The molecule has 0 bridgehead atoms. The summed E-state index contributed by atoms with van der Waals surface area (Å²) in [6, 6.07) is 7.19. The summed E-state index contributed by atoms with van der Waals surface area (Å²) in [5.74, 6) is 0. The van der Waals surface area contributed by atoms with E-state index in [2.05, 4.69) is 21.0 Å². The van der Waals surface area contributed by atoms with E-state index in [1.54, 1.807) is 6.07 Å². The van der Waals surface area contributed by atoms with Gasteiger partial charge in [0.15, 0.2) is 0 Å². The molecule has 0 saturated carbocycles. The second kappa shape index (κ2) is 21.3. The third-order valence-corrected chi connectivity index (χ3v) is 7.20. The van der Waals surface area contributed by atoms with E-state index in [9.17, 15) is 13.0 Å². The lowest BCUT2D eigenvalue weighted by molar-refractivity contribution is -0.890. The quantitative estimate of drug-likeness (QED) is 0.120. The number of aliphatic hydroxyl groups excluding tert-OH is 1. The second-order valence-electron chi connectivity index (χ2n) is 10.2. The van der Waals surface area contributed by atoms with Gasteiger partial charge in [0.05, 0.1) is 32.1 Å². The van der Waals surface area contributed by atoms with Crippen LogP contribution in [0.2, 0.25) is 0 Å². The highest BCUT2D eigenvalue weighted by molar-refractivity contribution is 7.85. The minimum atomic E-state index is -4.25. The number of quaternary nitrogens is 1. The Morgan fingerprint density at radius 1 is 0.676 bits per heavy atom. The van der Waals surface area contributed by atoms with Crippen molar-refractivity contribution in [3.8, 4) is 0 Å².